The third kappa shape index (κ3) is 3.78. The van der Waals surface area contributed by atoms with E-state index in [0.717, 1.165) is 36.5 Å². The molecule has 17 heavy (non-hydrogen) atoms. The van der Waals surface area contributed by atoms with Crippen molar-refractivity contribution in [3.8, 4) is 0 Å². The second kappa shape index (κ2) is 6.12. The molecule has 1 amide bonds. The van der Waals surface area contributed by atoms with Crippen LogP contribution in [0.5, 0.6) is 0 Å². The zero-order valence-corrected chi connectivity index (χ0v) is 11.0. The molecule has 4 nitrogen and oxygen atoms in total. The first-order chi connectivity index (χ1) is 8.25. The molecule has 1 aliphatic heterocycles. The van der Waals surface area contributed by atoms with Crippen LogP contribution in [0.25, 0.3) is 0 Å². The minimum Gasteiger partial charge on any atom is -0.354 e. The summed E-state index contributed by atoms with van der Waals surface area (Å²) in [6.07, 6.45) is 4.12. The van der Waals surface area contributed by atoms with Gasteiger partial charge in [-0.3, -0.25) is 4.79 Å². The lowest BCUT2D eigenvalue weighted by Crippen LogP contribution is -2.47. The van der Waals surface area contributed by atoms with Gasteiger partial charge in [0.05, 0.1) is 11.0 Å². The Morgan fingerprint density at radius 2 is 2.53 bits per heavy atom. The standard InChI is InChI=1S/C12H19N3OS/c1-9-8-17-11(15-9)5-7-14-12(16)10-4-2-3-6-13-10/h8,10,13H,2-7H2,1H3,(H,14,16)/t10-/m1/s1. The molecule has 94 valence electrons. The second-order valence-electron chi connectivity index (χ2n) is 4.43. The summed E-state index contributed by atoms with van der Waals surface area (Å²) in [5.74, 6) is 0.137. The van der Waals surface area contributed by atoms with Gasteiger partial charge in [0.2, 0.25) is 5.91 Å². The molecule has 0 spiro atoms. The number of aromatic nitrogens is 1. The van der Waals surface area contributed by atoms with Crippen LogP contribution in [0.3, 0.4) is 0 Å². The Morgan fingerprint density at radius 3 is 3.18 bits per heavy atom. The molecule has 2 heterocycles. The topological polar surface area (TPSA) is 54.0 Å². The highest BCUT2D eigenvalue weighted by molar-refractivity contribution is 7.09. The molecule has 0 unspecified atom stereocenters. The van der Waals surface area contributed by atoms with Gasteiger partial charge in [-0.05, 0) is 26.3 Å². The minimum atomic E-state index is 0.0155. The molecule has 1 saturated heterocycles. The van der Waals surface area contributed by atoms with Gasteiger partial charge >= 0.3 is 0 Å². The maximum absolute atomic E-state index is 11.8. The number of rotatable bonds is 4. The summed E-state index contributed by atoms with van der Waals surface area (Å²) in [6, 6.07) is 0.0155. The van der Waals surface area contributed by atoms with Crippen molar-refractivity contribution >= 4 is 17.2 Å². The number of hydrogen-bond acceptors (Lipinski definition) is 4. The van der Waals surface area contributed by atoms with Gasteiger partial charge < -0.3 is 10.6 Å². The molecule has 2 N–H and O–H groups in total. The molecule has 0 aromatic carbocycles. The number of nitrogens with zero attached hydrogens (tertiary/aromatic N) is 1. The Morgan fingerprint density at radius 1 is 1.65 bits per heavy atom. The number of carbonyl (C=O) groups is 1. The Hall–Kier alpha value is -0.940. The van der Waals surface area contributed by atoms with Crippen molar-refractivity contribution in [3.63, 3.8) is 0 Å². The SMILES string of the molecule is Cc1csc(CCNC(=O)[C@H]2CCCCN2)n1. The van der Waals surface area contributed by atoms with E-state index in [2.05, 4.69) is 15.6 Å². The normalized spacial score (nSPS) is 20.2. The predicted molar refractivity (Wildman–Crippen MR) is 69.2 cm³/mol. The lowest BCUT2D eigenvalue weighted by Gasteiger charge is -2.22. The summed E-state index contributed by atoms with van der Waals surface area (Å²) < 4.78 is 0. The Labute approximate surface area is 106 Å². The van der Waals surface area contributed by atoms with Crippen molar-refractivity contribution in [1.29, 1.82) is 0 Å². The molecule has 1 atom stereocenters. The molecule has 1 aromatic rings. The van der Waals surface area contributed by atoms with Gasteiger partial charge in [-0.25, -0.2) is 4.98 Å². The van der Waals surface area contributed by atoms with Crippen LogP contribution >= 0.6 is 11.3 Å². The molecule has 5 heteroatoms. The van der Waals surface area contributed by atoms with Crippen LogP contribution < -0.4 is 10.6 Å². The Kier molecular flexibility index (Phi) is 4.50. The average molecular weight is 253 g/mol. The molecular formula is C12H19N3OS. The fraction of sp³-hybridized carbons (Fsp3) is 0.667. The summed E-state index contributed by atoms with van der Waals surface area (Å²) >= 11 is 1.66. The molecule has 0 radical (unpaired) electrons. The largest absolute Gasteiger partial charge is 0.354 e. The maximum Gasteiger partial charge on any atom is 0.237 e. The van der Waals surface area contributed by atoms with E-state index >= 15 is 0 Å². The van der Waals surface area contributed by atoms with E-state index in [1.54, 1.807) is 11.3 Å². The van der Waals surface area contributed by atoms with Crippen LogP contribution in [-0.4, -0.2) is 30.0 Å². The summed E-state index contributed by atoms with van der Waals surface area (Å²) in [7, 11) is 0. The first kappa shape index (κ1) is 12.5. The third-order valence-corrected chi connectivity index (χ3v) is 3.96. The van der Waals surface area contributed by atoms with Crippen LogP contribution in [0.1, 0.15) is 30.0 Å². The first-order valence-electron chi connectivity index (χ1n) is 6.18. The van der Waals surface area contributed by atoms with Gasteiger partial charge in [0.15, 0.2) is 0 Å². The van der Waals surface area contributed by atoms with E-state index < -0.39 is 0 Å². The second-order valence-corrected chi connectivity index (χ2v) is 5.37. The smallest absolute Gasteiger partial charge is 0.237 e. The molecule has 2 rings (SSSR count). The first-order valence-corrected chi connectivity index (χ1v) is 7.06. The van der Waals surface area contributed by atoms with E-state index in [0.29, 0.717) is 6.54 Å². The number of carbonyl (C=O) groups excluding carboxylic acids is 1. The Bertz CT molecular complexity index is 372. The zero-order chi connectivity index (χ0) is 12.1. The average Bonchev–Trinajstić information content (AvgIpc) is 2.76. The van der Waals surface area contributed by atoms with Crippen LogP contribution in [0, 0.1) is 6.92 Å². The highest BCUT2D eigenvalue weighted by Gasteiger charge is 2.19. The van der Waals surface area contributed by atoms with E-state index in [-0.39, 0.29) is 11.9 Å². The van der Waals surface area contributed by atoms with Gasteiger partial charge in [-0.2, -0.15) is 0 Å². The van der Waals surface area contributed by atoms with Crippen molar-refractivity contribution in [3.05, 3.63) is 16.1 Å². The fourth-order valence-corrected chi connectivity index (χ4v) is 2.78. The third-order valence-electron chi connectivity index (χ3n) is 2.93. The van der Waals surface area contributed by atoms with Crippen molar-refractivity contribution in [2.24, 2.45) is 0 Å². The van der Waals surface area contributed by atoms with Gasteiger partial charge in [-0.1, -0.05) is 6.42 Å². The number of piperidine rings is 1. The van der Waals surface area contributed by atoms with Crippen molar-refractivity contribution < 1.29 is 4.79 Å². The molecule has 1 aromatic heterocycles. The molecule has 1 fully saturated rings. The van der Waals surface area contributed by atoms with Crippen LogP contribution in [-0.2, 0) is 11.2 Å². The van der Waals surface area contributed by atoms with Crippen LogP contribution in [0.4, 0.5) is 0 Å². The van der Waals surface area contributed by atoms with E-state index in [1.165, 1.54) is 6.42 Å². The van der Waals surface area contributed by atoms with E-state index in [1.807, 2.05) is 12.3 Å². The highest BCUT2D eigenvalue weighted by atomic mass is 32.1. The number of thiazole rings is 1. The zero-order valence-electron chi connectivity index (χ0n) is 10.2. The molecule has 1 aliphatic rings. The highest BCUT2D eigenvalue weighted by Crippen LogP contribution is 2.09. The molecular weight excluding hydrogens is 234 g/mol. The molecule has 0 aliphatic carbocycles. The molecule has 0 bridgehead atoms. The summed E-state index contributed by atoms with van der Waals surface area (Å²) in [4.78, 5) is 16.2. The lowest BCUT2D eigenvalue weighted by molar-refractivity contribution is -0.123. The number of hydrogen-bond donors (Lipinski definition) is 2. The van der Waals surface area contributed by atoms with Gasteiger partial charge in [-0.15, -0.1) is 11.3 Å². The predicted octanol–water partition coefficient (Wildman–Crippen LogP) is 1.25. The van der Waals surface area contributed by atoms with E-state index in [4.69, 9.17) is 0 Å². The van der Waals surface area contributed by atoms with Gasteiger partial charge in [0.1, 0.15) is 0 Å². The van der Waals surface area contributed by atoms with Crippen molar-refractivity contribution in [1.82, 2.24) is 15.6 Å². The van der Waals surface area contributed by atoms with Crippen molar-refractivity contribution in [2.75, 3.05) is 13.1 Å². The van der Waals surface area contributed by atoms with Gasteiger partial charge in [0.25, 0.3) is 0 Å². The quantitative estimate of drug-likeness (QED) is 0.849. The van der Waals surface area contributed by atoms with Crippen molar-refractivity contribution in [2.45, 2.75) is 38.6 Å². The summed E-state index contributed by atoms with van der Waals surface area (Å²) in [5.41, 5.74) is 1.06. The van der Waals surface area contributed by atoms with Crippen LogP contribution in [0.2, 0.25) is 0 Å². The summed E-state index contributed by atoms with van der Waals surface area (Å²) in [6.45, 7) is 3.64. The lowest BCUT2D eigenvalue weighted by atomic mass is 10.0. The number of amides is 1. The minimum absolute atomic E-state index is 0.0155. The number of nitrogens with one attached hydrogen (secondary N) is 2. The Balaban J connectivity index is 1.69. The van der Waals surface area contributed by atoms with Crippen LogP contribution in [0.15, 0.2) is 5.38 Å². The van der Waals surface area contributed by atoms with E-state index in [9.17, 15) is 4.79 Å². The van der Waals surface area contributed by atoms with Gasteiger partial charge in [0, 0.05) is 24.0 Å². The number of aryl methyl sites for hydroxylation is 1. The summed E-state index contributed by atoms with van der Waals surface area (Å²) in [5, 5.41) is 9.36. The molecule has 0 saturated carbocycles. The fourth-order valence-electron chi connectivity index (χ4n) is 2.01. The maximum atomic E-state index is 11.8. The monoisotopic (exact) mass is 253 g/mol.